The number of fused-ring (bicyclic) bond motifs is 1. The highest BCUT2D eigenvalue weighted by atomic mass is 35.5. The molecule has 0 atom stereocenters. The number of rotatable bonds is 5. The summed E-state index contributed by atoms with van der Waals surface area (Å²) in [5.41, 5.74) is 10.0. The minimum Gasteiger partial charge on any atom is -0.494 e. The van der Waals surface area contributed by atoms with Gasteiger partial charge in [0.1, 0.15) is 17.9 Å². The maximum atomic E-state index is 14.2. The molecule has 0 unspecified atom stereocenters. The normalized spacial score (nSPS) is 16.6. The van der Waals surface area contributed by atoms with Crippen molar-refractivity contribution in [3.05, 3.63) is 47.0 Å². The third-order valence-corrected chi connectivity index (χ3v) is 6.74. The third kappa shape index (κ3) is 3.94. The van der Waals surface area contributed by atoms with Crippen LogP contribution in [0.25, 0.3) is 0 Å². The number of hydrogen-bond donors (Lipinski definition) is 2. The maximum absolute atomic E-state index is 14.2. The number of anilines is 6. The summed E-state index contributed by atoms with van der Waals surface area (Å²) in [6.45, 7) is 6.65. The fourth-order valence-corrected chi connectivity index (χ4v) is 4.89. The summed E-state index contributed by atoms with van der Waals surface area (Å²) in [6.07, 6.45) is 3.75. The van der Waals surface area contributed by atoms with Gasteiger partial charge in [-0.3, -0.25) is 0 Å². The number of nitrogens with one attached hydrogen (secondary N) is 1. The zero-order valence-electron chi connectivity index (χ0n) is 19.4. The van der Waals surface area contributed by atoms with Crippen LogP contribution in [-0.4, -0.2) is 41.7 Å². The molecule has 2 aliphatic heterocycles. The monoisotopic (exact) mass is 483 g/mol. The van der Waals surface area contributed by atoms with Gasteiger partial charge in [-0.05, 0) is 36.6 Å². The Balaban J connectivity index is 1.46. The summed E-state index contributed by atoms with van der Waals surface area (Å²) in [7, 11) is 1.62. The lowest BCUT2D eigenvalue weighted by Gasteiger charge is -2.22. The lowest BCUT2D eigenvalue weighted by molar-refractivity contribution is 0.417. The first-order valence-electron chi connectivity index (χ1n) is 11.2. The van der Waals surface area contributed by atoms with E-state index in [0.717, 1.165) is 42.9 Å². The molecule has 3 aromatic rings. The van der Waals surface area contributed by atoms with Gasteiger partial charge in [-0.25, -0.2) is 14.4 Å². The summed E-state index contributed by atoms with van der Waals surface area (Å²) < 4.78 is 19.8. The predicted molar refractivity (Wildman–Crippen MR) is 133 cm³/mol. The number of benzene rings is 2. The largest absolute Gasteiger partial charge is 0.494 e. The highest BCUT2D eigenvalue weighted by Gasteiger charge is 2.38. The first-order chi connectivity index (χ1) is 16.3. The fraction of sp³-hybridized carbons (Fsp3) is 0.375. The quantitative estimate of drug-likeness (QED) is 0.488. The predicted octanol–water partition coefficient (Wildman–Crippen LogP) is 5.03. The molecule has 1 aromatic heterocycles. The Bertz CT molecular complexity index is 1250. The molecule has 0 amide bonds. The Morgan fingerprint density at radius 2 is 1.88 bits per heavy atom. The van der Waals surface area contributed by atoms with Crippen LogP contribution in [0.5, 0.6) is 5.75 Å². The van der Waals surface area contributed by atoms with Gasteiger partial charge in [-0.2, -0.15) is 4.98 Å². The number of methoxy groups -OCH3 is 1. The van der Waals surface area contributed by atoms with Crippen LogP contribution >= 0.6 is 11.6 Å². The molecule has 8 nitrogen and oxygen atoms in total. The Morgan fingerprint density at radius 3 is 2.62 bits per heavy atom. The van der Waals surface area contributed by atoms with Crippen LogP contribution in [0.1, 0.15) is 32.3 Å². The van der Waals surface area contributed by atoms with E-state index in [1.54, 1.807) is 13.2 Å². The molecule has 0 bridgehead atoms. The highest BCUT2D eigenvalue weighted by Crippen LogP contribution is 2.45. The van der Waals surface area contributed by atoms with Crippen molar-refractivity contribution in [2.75, 3.05) is 47.6 Å². The molecular formula is C24H27ClFN7O. The van der Waals surface area contributed by atoms with Crippen molar-refractivity contribution in [3.63, 3.8) is 0 Å². The maximum Gasteiger partial charge on any atom is 0.234 e. The number of nitrogens with two attached hydrogens (primary N) is 1. The zero-order chi connectivity index (χ0) is 24.0. The van der Waals surface area contributed by atoms with Crippen molar-refractivity contribution >= 4 is 46.2 Å². The van der Waals surface area contributed by atoms with Crippen LogP contribution in [-0.2, 0) is 5.41 Å². The van der Waals surface area contributed by atoms with Crippen LogP contribution in [0.15, 0.2) is 30.6 Å². The topological polar surface area (TPSA) is 92.4 Å². The van der Waals surface area contributed by atoms with E-state index < -0.39 is 5.82 Å². The molecule has 1 fully saturated rings. The zero-order valence-corrected chi connectivity index (χ0v) is 20.2. The van der Waals surface area contributed by atoms with Gasteiger partial charge in [0.25, 0.3) is 0 Å². The molecule has 10 heteroatoms. The summed E-state index contributed by atoms with van der Waals surface area (Å²) in [5.74, 6) is 0.993. The number of ether oxygens (including phenoxy) is 1. The minimum absolute atomic E-state index is 0.0622. The van der Waals surface area contributed by atoms with Crippen LogP contribution in [0, 0.1) is 5.82 Å². The molecule has 5 rings (SSSR count). The average molecular weight is 484 g/mol. The standard InChI is InChI=1S/C24H27ClFN7O/c1-24(2)12-33(19-9-15(25)16(26)8-14(19)24)23-29-13-28-22(31-23)30-18-10-17(27)20(11-21(18)34-3)32-6-4-5-7-32/h8-11,13H,4-7,12,27H2,1-3H3,(H,28,29,30,31). The van der Waals surface area contributed by atoms with Gasteiger partial charge in [0.2, 0.25) is 11.9 Å². The molecule has 1 saturated heterocycles. The number of hydrogen-bond acceptors (Lipinski definition) is 8. The first-order valence-corrected chi connectivity index (χ1v) is 11.6. The van der Waals surface area contributed by atoms with E-state index in [1.165, 1.54) is 12.4 Å². The molecule has 0 radical (unpaired) electrons. The van der Waals surface area contributed by atoms with Gasteiger partial charge in [0, 0.05) is 36.8 Å². The van der Waals surface area contributed by atoms with Crippen molar-refractivity contribution in [2.24, 2.45) is 0 Å². The molecule has 3 heterocycles. The van der Waals surface area contributed by atoms with Gasteiger partial charge >= 0.3 is 0 Å². The molecular weight excluding hydrogens is 457 g/mol. The van der Waals surface area contributed by atoms with Crippen molar-refractivity contribution in [1.82, 2.24) is 15.0 Å². The van der Waals surface area contributed by atoms with E-state index in [2.05, 4.69) is 39.0 Å². The summed E-state index contributed by atoms with van der Waals surface area (Å²) in [6, 6.07) is 6.90. The highest BCUT2D eigenvalue weighted by molar-refractivity contribution is 6.31. The van der Waals surface area contributed by atoms with Crippen molar-refractivity contribution in [1.29, 1.82) is 0 Å². The molecule has 178 valence electrons. The van der Waals surface area contributed by atoms with E-state index >= 15 is 0 Å². The Labute approximate surface area is 202 Å². The summed E-state index contributed by atoms with van der Waals surface area (Å²) >= 11 is 6.09. The third-order valence-electron chi connectivity index (χ3n) is 6.45. The second-order valence-corrected chi connectivity index (χ2v) is 9.70. The van der Waals surface area contributed by atoms with Crippen LogP contribution in [0.2, 0.25) is 5.02 Å². The van der Waals surface area contributed by atoms with E-state index in [4.69, 9.17) is 22.1 Å². The van der Waals surface area contributed by atoms with Crippen LogP contribution in [0.3, 0.4) is 0 Å². The summed E-state index contributed by atoms with van der Waals surface area (Å²) in [5, 5.41) is 3.27. The van der Waals surface area contributed by atoms with Gasteiger partial charge in [-0.15, -0.1) is 0 Å². The summed E-state index contributed by atoms with van der Waals surface area (Å²) in [4.78, 5) is 17.5. The lowest BCUT2D eigenvalue weighted by Crippen LogP contribution is -2.26. The van der Waals surface area contributed by atoms with Crippen molar-refractivity contribution < 1.29 is 9.13 Å². The molecule has 2 aromatic carbocycles. The molecule has 0 spiro atoms. The first kappa shape index (κ1) is 22.5. The Hall–Kier alpha value is -3.33. The lowest BCUT2D eigenvalue weighted by atomic mass is 9.87. The number of aromatic nitrogens is 3. The average Bonchev–Trinajstić information content (AvgIpc) is 3.42. The number of nitrogen functional groups attached to an aromatic ring is 1. The Morgan fingerprint density at radius 1 is 1.12 bits per heavy atom. The van der Waals surface area contributed by atoms with Gasteiger partial charge < -0.3 is 25.6 Å². The van der Waals surface area contributed by atoms with Gasteiger partial charge in [-0.1, -0.05) is 25.4 Å². The minimum atomic E-state index is -0.435. The molecule has 0 saturated carbocycles. The van der Waals surface area contributed by atoms with Gasteiger partial charge in [0.05, 0.1) is 29.2 Å². The number of halogens is 2. The van der Waals surface area contributed by atoms with Crippen LogP contribution in [0.4, 0.5) is 39.0 Å². The Kier molecular flexibility index (Phi) is 5.59. The van der Waals surface area contributed by atoms with E-state index in [0.29, 0.717) is 35.6 Å². The van der Waals surface area contributed by atoms with Crippen LogP contribution < -0.4 is 25.6 Å². The smallest absolute Gasteiger partial charge is 0.234 e. The second kappa shape index (κ2) is 8.47. The van der Waals surface area contributed by atoms with Gasteiger partial charge in [0.15, 0.2) is 0 Å². The second-order valence-electron chi connectivity index (χ2n) is 9.29. The molecule has 2 aliphatic rings. The SMILES string of the molecule is COc1cc(N2CCCC2)c(N)cc1Nc1ncnc(N2CC(C)(C)c3cc(F)c(Cl)cc32)n1. The van der Waals surface area contributed by atoms with Crippen molar-refractivity contribution in [2.45, 2.75) is 32.1 Å². The van der Waals surface area contributed by atoms with E-state index in [-0.39, 0.29) is 10.4 Å². The fourth-order valence-electron chi connectivity index (χ4n) is 4.73. The molecule has 3 N–H and O–H groups in total. The van der Waals surface area contributed by atoms with Crippen molar-refractivity contribution in [3.8, 4) is 5.75 Å². The molecule has 0 aliphatic carbocycles. The van der Waals surface area contributed by atoms with E-state index in [9.17, 15) is 4.39 Å². The van der Waals surface area contributed by atoms with E-state index in [1.807, 2.05) is 17.0 Å². The number of nitrogens with zero attached hydrogens (tertiary/aromatic N) is 5. The molecule has 34 heavy (non-hydrogen) atoms.